The van der Waals surface area contributed by atoms with Gasteiger partial charge in [0.2, 0.25) is 17.7 Å². The molecule has 3 N–H and O–H groups in total. The Balaban J connectivity index is 1.98. The lowest BCUT2D eigenvalue weighted by Gasteiger charge is -2.21. The molecule has 0 bridgehead atoms. The number of amides is 4. The van der Waals surface area contributed by atoms with E-state index in [1.165, 1.54) is 0 Å². The normalized spacial score (nSPS) is 17.3. The average Bonchev–Trinajstić information content (AvgIpc) is 2.55. The molecule has 122 valence electrons. The number of imide groups is 1. The SMILES string of the molecule is O=C(CCl)NCc1cccc(C(=O)NC2CCC(=O)NC2=O)c1. The molecule has 4 amide bonds. The van der Waals surface area contributed by atoms with Gasteiger partial charge in [0.15, 0.2) is 0 Å². The predicted molar refractivity (Wildman–Crippen MR) is 82.6 cm³/mol. The molecule has 0 radical (unpaired) electrons. The molecule has 0 spiro atoms. The van der Waals surface area contributed by atoms with Crippen molar-refractivity contribution in [3.63, 3.8) is 0 Å². The molecule has 7 nitrogen and oxygen atoms in total. The summed E-state index contributed by atoms with van der Waals surface area (Å²) in [7, 11) is 0. The first-order valence-electron chi connectivity index (χ1n) is 7.05. The zero-order valence-electron chi connectivity index (χ0n) is 12.2. The number of carbonyl (C=O) groups excluding carboxylic acids is 4. The van der Waals surface area contributed by atoms with Crippen molar-refractivity contribution in [3.05, 3.63) is 35.4 Å². The van der Waals surface area contributed by atoms with E-state index in [1.54, 1.807) is 24.3 Å². The molecule has 1 atom stereocenters. The monoisotopic (exact) mass is 337 g/mol. The van der Waals surface area contributed by atoms with E-state index in [1.807, 2.05) is 0 Å². The Kier molecular flexibility index (Phi) is 5.70. The predicted octanol–water partition coefficient (Wildman–Crippen LogP) is 0.0766. The minimum Gasteiger partial charge on any atom is -0.351 e. The Labute approximate surface area is 137 Å². The number of hydrogen-bond donors (Lipinski definition) is 3. The van der Waals surface area contributed by atoms with Gasteiger partial charge in [-0.05, 0) is 24.1 Å². The minimum atomic E-state index is -0.722. The molecule has 1 saturated heterocycles. The van der Waals surface area contributed by atoms with E-state index in [4.69, 9.17) is 11.6 Å². The third kappa shape index (κ3) is 4.79. The molecule has 1 aromatic rings. The van der Waals surface area contributed by atoms with Crippen LogP contribution in [-0.4, -0.2) is 35.6 Å². The highest BCUT2D eigenvalue weighted by Crippen LogP contribution is 2.09. The summed E-state index contributed by atoms with van der Waals surface area (Å²) in [5.41, 5.74) is 1.10. The second kappa shape index (κ2) is 7.73. The fourth-order valence-corrected chi connectivity index (χ4v) is 2.24. The molecular formula is C15H16ClN3O4. The van der Waals surface area contributed by atoms with Gasteiger partial charge in [0.1, 0.15) is 11.9 Å². The van der Waals surface area contributed by atoms with Crippen molar-refractivity contribution in [2.45, 2.75) is 25.4 Å². The lowest BCUT2D eigenvalue weighted by Crippen LogP contribution is -2.52. The molecule has 1 unspecified atom stereocenters. The number of rotatable bonds is 5. The van der Waals surface area contributed by atoms with Crippen LogP contribution in [0, 0.1) is 0 Å². The van der Waals surface area contributed by atoms with Crippen molar-refractivity contribution in [3.8, 4) is 0 Å². The van der Waals surface area contributed by atoms with Gasteiger partial charge in [-0.1, -0.05) is 12.1 Å². The van der Waals surface area contributed by atoms with Crippen LogP contribution in [0.4, 0.5) is 0 Å². The van der Waals surface area contributed by atoms with Crippen LogP contribution in [0.15, 0.2) is 24.3 Å². The standard InChI is InChI=1S/C15H16ClN3O4/c16-7-13(21)17-8-9-2-1-3-10(6-9)14(22)18-11-4-5-12(20)19-15(11)23/h1-3,6,11H,4-5,7-8H2,(H,17,21)(H,18,22)(H,19,20,23). The van der Waals surface area contributed by atoms with Crippen molar-refractivity contribution in [2.24, 2.45) is 0 Å². The number of hydrogen-bond acceptors (Lipinski definition) is 4. The Bertz CT molecular complexity index is 647. The van der Waals surface area contributed by atoms with E-state index in [-0.39, 0.29) is 37.1 Å². The highest BCUT2D eigenvalue weighted by atomic mass is 35.5. The molecule has 1 fully saturated rings. The molecular weight excluding hydrogens is 322 g/mol. The quantitative estimate of drug-likeness (QED) is 0.522. The third-order valence-electron chi connectivity index (χ3n) is 3.34. The van der Waals surface area contributed by atoms with Crippen LogP contribution in [0.5, 0.6) is 0 Å². The lowest BCUT2D eigenvalue weighted by atomic mass is 10.0. The van der Waals surface area contributed by atoms with Crippen LogP contribution < -0.4 is 16.0 Å². The van der Waals surface area contributed by atoms with Gasteiger partial charge < -0.3 is 10.6 Å². The summed E-state index contributed by atoms with van der Waals surface area (Å²) in [5.74, 6) is -1.68. The molecule has 8 heteroatoms. The van der Waals surface area contributed by atoms with Crippen LogP contribution >= 0.6 is 11.6 Å². The Morgan fingerprint density at radius 3 is 2.78 bits per heavy atom. The Morgan fingerprint density at radius 1 is 1.30 bits per heavy atom. The van der Waals surface area contributed by atoms with Gasteiger partial charge in [-0.25, -0.2) is 0 Å². The van der Waals surface area contributed by atoms with Gasteiger partial charge in [0, 0.05) is 18.5 Å². The summed E-state index contributed by atoms with van der Waals surface area (Å²) in [4.78, 5) is 46.1. The largest absolute Gasteiger partial charge is 0.351 e. The first kappa shape index (κ1) is 17.0. The maximum Gasteiger partial charge on any atom is 0.251 e. The number of alkyl halides is 1. The zero-order valence-corrected chi connectivity index (χ0v) is 13.0. The van der Waals surface area contributed by atoms with Gasteiger partial charge >= 0.3 is 0 Å². The van der Waals surface area contributed by atoms with Crippen molar-refractivity contribution in [1.82, 2.24) is 16.0 Å². The minimum absolute atomic E-state index is 0.129. The fraction of sp³-hybridized carbons (Fsp3) is 0.333. The summed E-state index contributed by atoms with van der Waals surface area (Å²) in [6.07, 6.45) is 0.475. The molecule has 0 aromatic heterocycles. The van der Waals surface area contributed by atoms with Crippen LogP contribution in [0.2, 0.25) is 0 Å². The number of piperidine rings is 1. The summed E-state index contributed by atoms with van der Waals surface area (Å²) in [5, 5.41) is 7.39. The number of halogens is 1. The molecule has 1 aliphatic heterocycles. The maximum atomic E-state index is 12.2. The molecule has 0 saturated carbocycles. The van der Waals surface area contributed by atoms with Crippen LogP contribution in [0.3, 0.4) is 0 Å². The van der Waals surface area contributed by atoms with Crippen molar-refractivity contribution >= 4 is 35.2 Å². The van der Waals surface area contributed by atoms with E-state index >= 15 is 0 Å². The number of carbonyl (C=O) groups is 4. The van der Waals surface area contributed by atoms with Gasteiger partial charge in [-0.3, -0.25) is 24.5 Å². The lowest BCUT2D eigenvalue weighted by molar-refractivity contribution is -0.134. The topological polar surface area (TPSA) is 104 Å². The van der Waals surface area contributed by atoms with E-state index in [0.29, 0.717) is 5.56 Å². The van der Waals surface area contributed by atoms with Crippen LogP contribution in [0.1, 0.15) is 28.8 Å². The van der Waals surface area contributed by atoms with E-state index < -0.39 is 17.9 Å². The smallest absolute Gasteiger partial charge is 0.251 e. The van der Waals surface area contributed by atoms with Gasteiger partial charge in [0.05, 0.1) is 0 Å². The van der Waals surface area contributed by atoms with E-state index in [2.05, 4.69) is 16.0 Å². The summed E-state index contributed by atoms with van der Waals surface area (Å²) in [6.45, 7) is 0.255. The highest BCUT2D eigenvalue weighted by molar-refractivity contribution is 6.27. The summed E-state index contributed by atoms with van der Waals surface area (Å²) < 4.78 is 0. The average molecular weight is 338 g/mol. The van der Waals surface area contributed by atoms with E-state index in [9.17, 15) is 19.2 Å². The molecule has 1 aromatic carbocycles. The first-order valence-corrected chi connectivity index (χ1v) is 7.59. The van der Waals surface area contributed by atoms with E-state index in [0.717, 1.165) is 5.56 Å². The van der Waals surface area contributed by atoms with Gasteiger partial charge in [0.25, 0.3) is 5.91 Å². The molecule has 1 aliphatic rings. The maximum absolute atomic E-state index is 12.2. The Morgan fingerprint density at radius 2 is 2.09 bits per heavy atom. The Hall–Kier alpha value is -2.41. The molecule has 1 heterocycles. The van der Waals surface area contributed by atoms with Crippen molar-refractivity contribution in [2.75, 3.05) is 5.88 Å². The molecule has 2 rings (SSSR count). The number of benzene rings is 1. The van der Waals surface area contributed by atoms with Crippen molar-refractivity contribution in [1.29, 1.82) is 0 Å². The summed E-state index contributed by atoms with van der Waals surface area (Å²) >= 11 is 5.39. The summed E-state index contributed by atoms with van der Waals surface area (Å²) in [6, 6.07) is 5.95. The molecule has 0 aliphatic carbocycles. The molecule has 23 heavy (non-hydrogen) atoms. The zero-order chi connectivity index (χ0) is 16.8. The number of nitrogens with one attached hydrogen (secondary N) is 3. The van der Waals surface area contributed by atoms with Crippen molar-refractivity contribution < 1.29 is 19.2 Å². The second-order valence-corrected chi connectivity index (χ2v) is 5.36. The van der Waals surface area contributed by atoms with Crippen LogP contribution in [-0.2, 0) is 20.9 Å². The fourth-order valence-electron chi connectivity index (χ4n) is 2.14. The van der Waals surface area contributed by atoms with Gasteiger partial charge in [-0.15, -0.1) is 11.6 Å². The second-order valence-electron chi connectivity index (χ2n) is 5.09. The highest BCUT2D eigenvalue weighted by Gasteiger charge is 2.28. The third-order valence-corrected chi connectivity index (χ3v) is 3.59. The van der Waals surface area contributed by atoms with Gasteiger partial charge in [-0.2, -0.15) is 0 Å². The first-order chi connectivity index (χ1) is 11.0. The van der Waals surface area contributed by atoms with Crippen LogP contribution in [0.25, 0.3) is 0 Å².